The average molecular weight is 380 g/mol. The maximum atomic E-state index is 12.9. The minimum Gasteiger partial charge on any atom is -0.497 e. The van der Waals surface area contributed by atoms with E-state index in [1.54, 1.807) is 24.3 Å². The Hall–Kier alpha value is -2.61. The number of benzene rings is 2. The number of carbonyl (C=O) groups is 1. The maximum Gasteiger partial charge on any atom is 0.232 e. The van der Waals surface area contributed by atoms with Crippen LogP contribution in [0.2, 0.25) is 0 Å². The lowest BCUT2D eigenvalue weighted by Gasteiger charge is -2.22. The minimum atomic E-state index is -3.50. The molecule has 26 heavy (non-hydrogen) atoms. The number of amides is 1. The molecule has 0 aliphatic carbocycles. The second-order valence-electron chi connectivity index (χ2n) is 5.70. The molecule has 0 aliphatic rings. The van der Waals surface area contributed by atoms with E-state index in [-0.39, 0.29) is 24.7 Å². The number of rotatable bonds is 8. The Morgan fingerprint density at radius 1 is 1.19 bits per heavy atom. The van der Waals surface area contributed by atoms with E-state index in [1.807, 2.05) is 0 Å². The van der Waals surface area contributed by atoms with E-state index in [1.165, 1.54) is 35.7 Å². The molecule has 0 saturated heterocycles. The number of halogens is 1. The van der Waals surface area contributed by atoms with Gasteiger partial charge >= 0.3 is 0 Å². The zero-order valence-corrected chi connectivity index (χ0v) is 15.4. The number of nitrogens with zero attached hydrogens (tertiary/aromatic N) is 1. The molecule has 0 aliphatic heterocycles. The highest BCUT2D eigenvalue weighted by atomic mass is 32.2. The van der Waals surface area contributed by atoms with Gasteiger partial charge in [0.1, 0.15) is 11.6 Å². The molecule has 0 aromatic heterocycles. The summed E-state index contributed by atoms with van der Waals surface area (Å²) in [6.07, 6.45) is 1.58. The Bertz CT molecular complexity index is 854. The van der Waals surface area contributed by atoms with Crippen molar-refractivity contribution in [3.05, 3.63) is 54.3 Å². The molecule has 0 heterocycles. The fourth-order valence-corrected chi connectivity index (χ4v) is 3.35. The first-order valence-electron chi connectivity index (χ1n) is 7.97. The molecule has 2 aromatic carbocycles. The lowest BCUT2D eigenvalue weighted by molar-refractivity contribution is -0.116. The predicted octanol–water partition coefficient (Wildman–Crippen LogP) is 3.02. The Balaban J connectivity index is 1.97. The maximum absolute atomic E-state index is 12.9. The molecule has 6 nitrogen and oxygen atoms in total. The smallest absolute Gasteiger partial charge is 0.232 e. The number of carbonyl (C=O) groups excluding carboxylic acids is 1. The van der Waals surface area contributed by atoms with Crippen molar-refractivity contribution in [2.45, 2.75) is 12.8 Å². The van der Waals surface area contributed by atoms with E-state index < -0.39 is 10.0 Å². The van der Waals surface area contributed by atoms with Gasteiger partial charge in [-0.2, -0.15) is 0 Å². The zero-order valence-electron chi connectivity index (χ0n) is 14.6. The topological polar surface area (TPSA) is 75.7 Å². The molecule has 2 rings (SSSR count). The highest BCUT2D eigenvalue weighted by Crippen LogP contribution is 2.23. The fraction of sp³-hybridized carbons (Fsp3) is 0.278. The molecule has 0 spiro atoms. The van der Waals surface area contributed by atoms with Gasteiger partial charge in [-0.1, -0.05) is 6.07 Å². The summed E-state index contributed by atoms with van der Waals surface area (Å²) in [6.45, 7) is 0.156. The van der Waals surface area contributed by atoms with E-state index >= 15 is 0 Å². The van der Waals surface area contributed by atoms with Crippen LogP contribution < -0.4 is 14.4 Å². The van der Waals surface area contributed by atoms with E-state index in [4.69, 9.17) is 4.74 Å². The molecule has 1 N–H and O–H groups in total. The normalized spacial score (nSPS) is 11.0. The van der Waals surface area contributed by atoms with Crippen LogP contribution in [0.4, 0.5) is 15.8 Å². The Morgan fingerprint density at radius 2 is 1.88 bits per heavy atom. The Labute approximate surface area is 152 Å². The van der Waals surface area contributed by atoms with Crippen molar-refractivity contribution in [2.75, 3.05) is 29.5 Å². The van der Waals surface area contributed by atoms with Crippen molar-refractivity contribution in [1.29, 1.82) is 0 Å². The van der Waals surface area contributed by atoms with Crippen molar-refractivity contribution >= 4 is 27.3 Å². The molecule has 0 radical (unpaired) electrons. The monoisotopic (exact) mass is 380 g/mol. The van der Waals surface area contributed by atoms with Crippen LogP contribution in [0.5, 0.6) is 5.75 Å². The molecule has 140 valence electrons. The van der Waals surface area contributed by atoms with Gasteiger partial charge in [-0.05, 0) is 42.8 Å². The van der Waals surface area contributed by atoms with Gasteiger partial charge in [0.25, 0.3) is 0 Å². The number of hydrogen-bond acceptors (Lipinski definition) is 4. The van der Waals surface area contributed by atoms with Crippen molar-refractivity contribution < 1.29 is 22.3 Å². The third-order valence-corrected chi connectivity index (χ3v) is 4.83. The summed E-state index contributed by atoms with van der Waals surface area (Å²) in [5.41, 5.74) is 0.968. The number of anilines is 2. The lowest BCUT2D eigenvalue weighted by atomic mass is 10.2. The predicted molar refractivity (Wildman–Crippen MR) is 99.4 cm³/mol. The summed E-state index contributed by atoms with van der Waals surface area (Å²) >= 11 is 0. The van der Waals surface area contributed by atoms with E-state index in [9.17, 15) is 17.6 Å². The summed E-state index contributed by atoms with van der Waals surface area (Å²) in [6, 6.07) is 12.2. The van der Waals surface area contributed by atoms with Gasteiger partial charge in [-0.25, -0.2) is 12.8 Å². The molecule has 0 fully saturated rings. The highest BCUT2D eigenvalue weighted by Gasteiger charge is 2.18. The molecule has 8 heteroatoms. The molecule has 0 unspecified atom stereocenters. The summed E-state index contributed by atoms with van der Waals surface area (Å²) in [5, 5.41) is 2.65. The largest absolute Gasteiger partial charge is 0.497 e. The van der Waals surface area contributed by atoms with E-state index in [2.05, 4.69) is 5.32 Å². The first kappa shape index (κ1) is 19.7. The van der Waals surface area contributed by atoms with Gasteiger partial charge in [0.05, 0.1) is 19.1 Å². The third kappa shape index (κ3) is 5.73. The second kappa shape index (κ2) is 8.66. The van der Waals surface area contributed by atoms with Gasteiger partial charge in [0.15, 0.2) is 0 Å². The van der Waals surface area contributed by atoms with Crippen LogP contribution in [-0.2, 0) is 14.8 Å². The van der Waals surface area contributed by atoms with Crippen LogP contribution in [0.15, 0.2) is 48.5 Å². The first-order chi connectivity index (χ1) is 12.3. The molecule has 0 saturated carbocycles. The van der Waals surface area contributed by atoms with E-state index in [0.717, 1.165) is 6.26 Å². The van der Waals surface area contributed by atoms with Gasteiger partial charge in [-0.15, -0.1) is 0 Å². The summed E-state index contributed by atoms with van der Waals surface area (Å²) in [4.78, 5) is 12.0. The Kier molecular flexibility index (Phi) is 6.57. The van der Waals surface area contributed by atoms with Gasteiger partial charge in [-0.3, -0.25) is 9.10 Å². The first-order valence-corrected chi connectivity index (χ1v) is 9.81. The summed E-state index contributed by atoms with van der Waals surface area (Å²) in [5.74, 6) is -0.106. The van der Waals surface area contributed by atoms with E-state index in [0.29, 0.717) is 23.5 Å². The van der Waals surface area contributed by atoms with Crippen LogP contribution in [0.25, 0.3) is 0 Å². The van der Waals surface area contributed by atoms with Crippen LogP contribution in [-0.4, -0.2) is 34.2 Å². The van der Waals surface area contributed by atoms with Crippen molar-refractivity contribution in [3.8, 4) is 5.75 Å². The molecule has 1 amide bonds. The quantitative estimate of drug-likeness (QED) is 0.764. The summed E-state index contributed by atoms with van der Waals surface area (Å²) < 4.78 is 43.4. The van der Waals surface area contributed by atoms with Crippen LogP contribution in [0.1, 0.15) is 12.8 Å². The molecule has 0 bridgehead atoms. The van der Waals surface area contributed by atoms with Gasteiger partial charge < -0.3 is 10.1 Å². The number of nitrogens with one attached hydrogen (secondary N) is 1. The van der Waals surface area contributed by atoms with Crippen molar-refractivity contribution in [2.24, 2.45) is 0 Å². The SMILES string of the molecule is COc1cccc(N(CCCC(=O)Nc2ccc(F)cc2)S(C)(=O)=O)c1. The minimum absolute atomic E-state index is 0.132. The highest BCUT2D eigenvalue weighted by molar-refractivity contribution is 7.92. The molecule has 2 aromatic rings. The van der Waals surface area contributed by atoms with Gasteiger partial charge in [0.2, 0.25) is 15.9 Å². The van der Waals surface area contributed by atoms with Crippen LogP contribution in [0.3, 0.4) is 0 Å². The van der Waals surface area contributed by atoms with Crippen LogP contribution >= 0.6 is 0 Å². The standard InChI is InChI=1S/C18H21FN2O4S/c1-25-17-6-3-5-16(13-17)21(26(2,23)24)12-4-7-18(22)20-15-10-8-14(19)9-11-15/h3,5-6,8-11,13H,4,7,12H2,1-2H3,(H,20,22). The van der Waals surface area contributed by atoms with Crippen molar-refractivity contribution in [3.63, 3.8) is 0 Å². The fourth-order valence-electron chi connectivity index (χ4n) is 2.39. The average Bonchev–Trinajstić information content (AvgIpc) is 2.59. The molecular weight excluding hydrogens is 359 g/mol. The number of hydrogen-bond donors (Lipinski definition) is 1. The van der Waals surface area contributed by atoms with Gasteiger partial charge in [0, 0.05) is 24.7 Å². The van der Waals surface area contributed by atoms with Crippen LogP contribution in [0, 0.1) is 5.82 Å². The second-order valence-corrected chi connectivity index (χ2v) is 7.60. The zero-order chi connectivity index (χ0) is 19.2. The lowest BCUT2D eigenvalue weighted by Crippen LogP contribution is -2.31. The molecular formula is C18H21FN2O4S. The molecule has 0 atom stereocenters. The number of sulfonamides is 1. The number of methoxy groups -OCH3 is 1. The summed E-state index contributed by atoms with van der Waals surface area (Å²) in [7, 11) is -2.00. The van der Waals surface area contributed by atoms with Crippen molar-refractivity contribution in [1.82, 2.24) is 0 Å². The third-order valence-electron chi connectivity index (χ3n) is 3.63. The Morgan fingerprint density at radius 3 is 2.50 bits per heavy atom. The number of ether oxygens (including phenoxy) is 1.